The van der Waals surface area contributed by atoms with Gasteiger partial charge in [-0.1, -0.05) is 12.1 Å². The molecule has 6 nitrogen and oxygen atoms in total. The van der Waals surface area contributed by atoms with Crippen molar-refractivity contribution in [3.05, 3.63) is 59.9 Å². The molecule has 1 aliphatic heterocycles. The minimum absolute atomic E-state index is 0.156. The van der Waals surface area contributed by atoms with Crippen molar-refractivity contribution in [2.75, 3.05) is 26.7 Å². The summed E-state index contributed by atoms with van der Waals surface area (Å²) in [6.07, 6.45) is -0.286. The third-order valence-corrected chi connectivity index (χ3v) is 3.98. The average molecular weight is 358 g/mol. The maximum Gasteiger partial charge on any atom is 0.251 e. The number of halogens is 1. The van der Waals surface area contributed by atoms with Crippen molar-refractivity contribution >= 4 is 11.8 Å². The van der Waals surface area contributed by atoms with Gasteiger partial charge in [0.25, 0.3) is 5.91 Å². The van der Waals surface area contributed by atoms with Gasteiger partial charge >= 0.3 is 0 Å². The molecule has 0 spiro atoms. The second kappa shape index (κ2) is 7.86. The van der Waals surface area contributed by atoms with Crippen LogP contribution >= 0.6 is 0 Å². The SMILES string of the molecule is CN(CC1COc2ccccc2O1)C(=O)CNC(=O)c1ccc(F)cc1. The Hall–Kier alpha value is -3.09. The normalized spacial score (nSPS) is 15.2. The zero-order valence-electron chi connectivity index (χ0n) is 14.3. The van der Waals surface area contributed by atoms with Crippen LogP contribution in [0, 0.1) is 5.82 Å². The van der Waals surface area contributed by atoms with Crippen LogP contribution in [0.3, 0.4) is 0 Å². The lowest BCUT2D eigenvalue weighted by Crippen LogP contribution is -2.45. The summed E-state index contributed by atoms with van der Waals surface area (Å²) in [7, 11) is 1.64. The van der Waals surface area contributed by atoms with Gasteiger partial charge in [-0.2, -0.15) is 0 Å². The lowest BCUT2D eigenvalue weighted by molar-refractivity contribution is -0.130. The van der Waals surface area contributed by atoms with Crippen molar-refractivity contribution in [1.29, 1.82) is 0 Å². The highest BCUT2D eigenvalue weighted by atomic mass is 19.1. The number of carbonyl (C=O) groups excluding carboxylic acids is 2. The fourth-order valence-corrected chi connectivity index (χ4v) is 2.55. The van der Waals surface area contributed by atoms with Gasteiger partial charge in [0.2, 0.25) is 5.91 Å². The largest absolute Gasteiger partial charge is 0.486 e. The molecule has 0 aliphatic carbocycles. The van der Waals surface area contributed by atoms with Gasteiger partial charge in [-0.05, 0) is 36.4 Å². The standard InChI is InChI=1S/C19H19FN2O4/c1-22(11-15-12-25-16-4-2-3-5-17(16)26-15)18(23)10-21-19(24)13-6-8-14(20)9-7-13/h2-9,15H,10-12H2,1H3,(H,21,24). The van der Waals surface area contributed by atoms with Crippen LogP contribution in [0.4, 0.5) is 4.39 Å². The molecule has 1 N–H and O–H groups in total. The van der Waals surface area contributed by atoms with Gasteiger partial charge in [-0.25, -0.2) is 4.39 Å². The van der Waals surface area contributed by atoms with Crippen molar-refractivity contribution in [2.24, 2.45) is 0 Å². The number of fused-ring (bicyclic) bond motifs is 1. The molecule has 7 heteroatoms. The molecule has 1 heterocycles. The van der Waals surface area contributed by atoms with E-state index in [0.29, 0.717) is 30.2 Å². The number of hydrogen-bond acceptors (Lipinski definition) is 4. The molecule has 2 amide bonds. The number of benzene rings is 2. The van der Waals surface area contributed by atoms with Crippen LogP contribution in [-0.2, 0) is 4.79 Å². The molecule has 1 aliphatic rings. The van der Waals surface area contributed by atoms with E-state index in [-0.39, 0.29) is 18.6 Å². The van der Waals surface area contributed by atoms with Crippen molar-refractivity contribution in [3.8, 4) is 11.5 Å². The maximum absolute atomic E-state index is 12.9. The summed E-state index contributed by atoms with van der Waals surface area (Å²) >= 11 is 0. The molecule has 1 unspecified atom stereocenters. The number of rotatable bonds is 5. The molecule has 0 bridgehead atoms. The van der Waals surface area contributed by atoms with Gasteiger partial charge < -0.3 is 19.7 Å². The summed E-state index contributed by atoms with van der Waals surface area (Å²) in [5.74, 6) is 0.216. The van der Waals surface area contributed by atoms with Crippen LogP contribution < -0.4 is 14.8 Å². The van der Waals surface area contributed by atoms with E-state index >= 15 is 0 Å². The molecule has 26 heavy (non-hydrogen) atoms. The number of ether oxygens (including phenoxy) is 2. The van der Waals surface area contributed by atoms with Crippen LogP contribution in [0.15, 0.2) is 48.5 Å². The topological polar surface area (TPSA) is 67.9 Å². The van der Waals surface area contributed by atoms with Crippen molar-refractivity contribution in [1.82, 2.24) is 10.2 Å². The molecule has 2 aromatic carbocycles. The Labute approximate surface area is 150 Å². The van der Waals surface area contributed by atoms with E-state index < -0.39 is 11.7 Å². The minimum Gasteiger partial charge on any atom is -0.486 e. The second-order valence-electron chi connectivity index (χ2n) is 5.96. The fourth-order valence-electron chi connectivity index (χ4n) is 2.55. The summed E-state index contributed by atoms with van der Waals surface area (Å²) in [6, 6.07) is 12.5. The molecule has 2 aromatic rings. The number of amides is 2. The summed E-state index contributed by atoms with van der Waals surface area (Å²) in [5.41, 5.74) is 0.294. The van der Waals surface area contributed by atoms with Gasteiger partial charge in [-0.15, -0.1) is 0 Å². The molecule has 1 atom stereocenters. The first-order valence-electron chi connectivity index (χ1n) is 8.19. The molecular formula is C19H19FN2O4. The van der Waals surface area contributed by atoms with E-state index in [1.54, 1.807) is 7.05 Å². The average Bonchev–Trinajstić information content (AvgIpc) is 2.66. The summed E-state index contributed by atoms with van der Waals surface area (Å²) < 4.78 is 24.3. The number of para-hydroxylation sites is 2. The molecule has 0 aromatic heterocycles. The third kappa shape index (κ3) is 4.30. The van der Waals surface area contributed by atoms with E-state index in [2.05, 4.69) is 5.32 Å². The smallest absolute Gasteiger partial charge is 0.251 e. The van der Waals surface area contributed by atoms with Crippen LogP contribution in [0.2, 0.25) is 0 Å². The Morgan fingerprint density at radius 1 is 1.15 bits per heavy atom. The van der Waals surface area contributed by atoms with E-state index in [9.17, 15) is 14.0 Å². The molecule has 3 rings (SSSR count). The minimum atomic E-state index is -0.432. The first kappa shape index (κ1) is 17.7. The summed E-state index contributed by atoms with van der Waals surface area (Å²) in [5, 5.41) is 2.53. The Bertz CT molecular complexity index is 794. The third-order valence-electron chi connectivity index (χ3n) is 3.98. The van der Waals surface area contributed by atoms with E-state index in [0.717, 1.165) is 0 Å². The molecule has 0 radical (unpaired) electrons. The highest BCUT2D eigenvalue weighted by molar-refractivity contribution is 5.96. The second-order valence-corrected chi connectivity index (χ2v) is 5.96. The Morgan fingerprint density at radius 2 is 1.85 bits per heavy atom. The van der Waals surface area contributed by atoms with Crippen LogP contribution in [-0.4, -0.2) is 49.6 Å². The van der Waals surface area contributed by atoms with E-state index in [1.807, 2.05) is 24.3 Å². The van der Waals surface area contributed by atoms with Gasteiger partial charge in [0.1, 0.15) is 12.4 Å². The van der Waals surface area contributed by atoms with Crippen molar-refractivity contribution < 1.29 is 23.5 Å². The number of likely N-dealkylation sites (N-methyl/N-ethyl adjacent to an activating group) is 1. The summed E-state index contributed by atoms with van der Waals surface area (Å²) in [6.45, 7) is 0.521. The lowest BCUT2D eigenvalue weighted by Gasteiger charge is -2.29. The van der Waals surface area contributed by atoms with Gasteiger partial charge in [0.15, 0.2) is 17.6 Å². The number of carbonyl (C=O) groups is 2. The van der Waals surface area contributed by atoms with Gasteiger partial charge in [0, 0.05) is 12.6 Å². The fraction of sp³-hybridized carbons (Fsp3) is 0.263. The highest BCUT2D eigenvalue weighted by Gasteiger charge is 2.23. The first-order chi connectivity index (χ1) is 12.5. The van der Waals surface area contributed by atoms with Gasteiger partial charge in [-0.3, -0.25) is 9.59 Å². The van der Waals surface area contributed by atoms with Crippen LogP contribution in [0.1, 0.15) is 10.4 Å². The Morgan fingerprint density at radius 3 is 2.58 bits per heavy atom. The highest BCUT2D eigenvalue weighted by Crippen LogP contribution is 2.30. The predicted octanol–water partition coefficient (Wildman–Crippen LogP) is 1.85. The monoisotopic (exact) mass is 358 g/mol. The first-order valence-corrected chi connectivity index (χ1v) is 8.19. The maximum atomic E-state index is 12.9. The lowest BCUT2D eigenvalue weighted by atomic mass is 10.2. The number of nitrogens with zero attached hydrogens (tertiary/aromatic N) is 1. The molecule has 0 saturated heterocycles. The van der Waals surface area contributed by atoms with E-state index in [1.165, 1.54) is 29.2 Å². The van der Waals surface area contributed by atoms with Crippen molar-refractivity contribution in [3.63, 3.8) is 0 Å². The molecule has 136 valence electrons. The predicted molar refractivity (Wildman–Crippen MR) is 92.7 cm³/mol. The van der Waals surface area contributed by atoms with Gasteiger partial charge in [0.05, 0.1) is 13.1 Å². The Balaban J connectivity index is 1.47. The summed E-state index contributed by atoms with van der Waals surface area (Å²) in [4.78, 5) is 25.6. The van der Waals surface area contributed by atoms with Crippen LogP contribution in [0.5, 0.6) is 11.5 Å². The van der Waals surface area contributed by atoms with Crippen molar-refractivity contribution in [2.45, 2.75) is 6.10 Å². The zero-order chi connectivity index (χ0) is 18.5. The molecular weight excluding hydrogens is 339 g/mol. The zero-order valence-corrected chi connectivity index (χ0v) is 14.3. The quantitative estimate of drug-likeness (QED) is 0.886. The number of hydrogen-bond donors (Lipinski definition) is 1. The molecule has 0 fully saturated rings. The van der Waals surface area contributed by atoms with Crippen LogP contribution in [0.25, 0.3) is 0 Å². The van der Waals surface area contributed by atoms with E-state index in [4.69, 9.17) is 9.47 Å². The Kier molecular flexibility index (Phi) is 5.36. The number of nitrogens with one attached hydrogen (secondary N) is 1. The molecule has 0 saturated carbocycles.